The summed E-state index contributed by atoms with van der Waals surface area (Å²) in [4.78, 5) is 26.2. The molecule has 2 aromatic rings. The van der Waals surface area contributed by atoms with Gasteiger partial charge < -0.3 is 4.98 Å². The zero-order chi connectivity index (χ0) is 16.0. The summed E-state index contributed by atoms with van der Waals surface area (Å²) < 4.78 is 0. The van der Waals surface area contributed by atoms with Crippen LogP contribution in [0.4, 0.5) is 0 Å². The Bertz CT molecular complexity index is 816. The second-order valence-corrected chi connectivity index (χ2v) is 6.94. The number of fused-ring (bicyclic) bond motifs is 1. The van der Waals surface area contributed by atoms with E-state index in [1.807, 2.05) is 6.07 Å². The molecular formula is C16H16Cl2N4O. The van der Waals surface area contributed by atoms with E-state index in [2.05, 4.69) is 14.9 Å². The maximum Gasteiger partial charge on any atom is 0.254 e. The number of rotatable bonds is 3. The number of nitrogens with zero attached hydrogens (tertiary/aromatic N) is 3. The molecule has 0 spiro atoms. The van der Waals surface area contributed by atoms with E-state index < -0.39 is 0 Å². The molecule has 0 radical (unpaired) electrons. The molecule has 1 saturated carbocycles. The summed E-state index contributed by atoms with van der Waals surface area (Å²) in [6.45, 7) is 2.15. The second-order valence-electron chi connectivity index (χ2n) is 6.20. The van der Waals surface area contributed by atoms with Crippen molar-refractivity contribution in [3.8, 4) is 0 Å². The Morgan fingerprint density at radius 2 is 2.09 bits per heavy atom. The van der Waals surface area contributed by atoms with Crippen LogP contribution in [0.1, 0.15) is 41.4 Å². The summed E-state index contributed by atoms with van der Waals surface area (Å²) in [6.07, 6.45) is 2.95. The SMILES string of the molecule is O=c1[nH]c(C2CC2)nc2c1CCN(Cc1ccc(Cl)nc1Cl)C2. The first kappa shape index (κ1) is 15.1. The minimum absolute atomic E-state index is 0.0303. The van der Waals surface area contributed by atoms with Gasteiger partial charge in [0.25, 0.3) is 5.56 Å². The van der Waals surface area contributed by atoms with E-state index in [0.29, 0.717) is 35.7 Å². The first-order valence-corrected chi connectivity index (χ1v) is 8.51. The van der Waals surface area contributed by atoms with E-state index in [1.54, 1.807) is 6.07 Å². The number of H-pyrrole nitrogens is 1. The van der Waals surface area contributed by atoms with Gasteiger partial charge >= 0.3 is 0 Å². The Kier molecular flexibility index (Phi) is 3.87. The fourth-order valence-electron chi connectivity index (χ4n) is 3.00. The largest absolute Gasteiger partial charge is 0.310 e. The Morgan fingerprint density at radius 3 is 2.83 bits per heavy atom. The third kappa shape index (κ3) is 3.13. The molecule has 0 unspecified atom stereocenters. The predicted octanol–water partition coefficient (Wildman–Crippen LogP) is 2.91. The Hall–Kier alpha value is -1.43. The summed E-state index contributed by atoms with van der Waals surface area (Å²) in [5, 5.41) is 0.825. The first-order valence-electron chi connectivity index (χ1n) is 7.75. The second kappa shape index (κ2) is 5.89. The third-order valence-electron chi connectivity index (χ3n) is 4.42. The minimum atomic E-state index is 0.0303. The summed E-state index contributed by atoms with van der Waals surface area (Å²) in [5.74, 6) is 1.29. The molecule has 120 valence electrons. The van der Waals surface area contributed by atoms with E-state index in [1.165, 1.54) is 0 Å². The average Bonchev–Trinajstić information content (AvgIpc) is 3.34. The molecule has 3 heterocycles. The molecule has 23 heavy (non-hydrogen) atoms. The lowest BCUT2D eigenvalue weighted by Gasteiger charge is -2.27. The van der Waals surface area contributed by atoms with Gasteiger partial charge in [0.2, 0.25) is 0 Å². The number of hydrogen-bond donors (Lipinski definition) is 1. The predicted molar refractivity (Wildman–Crippen MR) is 88.9 cm³/mol. The number of halogens is 2. The molecule has 1 N–H and O–H groups in total. The van der Waals surface area contributed by atoms with Gasteiger partial charge in [0.1, 0.15) is 16.1 Å². The van der Waals surface area contributed by atoms with E-state index >= 15 is 0 Å². The van der Waals surface area contributed by atoms with Crippen molar-refractivity contribution in [1.29, 1.82) is 0 Å². The molecule has 7 heteroatoms. The molecule has 1 aliphatic carbocycles. The van der Waals surface area contributed by atoms with Gasteiger partial charge in [0.05, 0.1) is 5.69 Å². The van der Waals surface area contributed by atoms with E-state index in [9.17, 15) is 4.79 Å². The van der Waals surface area contributed by atoms with Gasteiger partial charge in [0.15, 0.2) is 0 Å². The lowest BCUT2D eigenvalue weighted by atomic mass is 10.1. The topological polar surface area (TPSA) is 61.9 Å². The highest BCUT2D eigenvalue weighted by molar-refractivity contribution is 6.32. The maximum absolute atomic E-state index is 12.2. The molecule has 0 amide bonds. The van der Waals surface area contributed by atoms with Crippen molar-refractivity contribution in [3.05, 3.63) is 55.4 Å². The van der Waals surface area contributed by atoms with Crippen molar-refractivity contribution >= 4 is 23.2 Å². The van der Waals surface area contributed by atoms with Gasteiger partial charge in [-0.1, -0.05) is 29.3 Å². The van der Waals surface area contributed by atoms with Crippen LogP contribution in [0.5, 0.6) is 0 Å². The number of pyridine rings is 1. The van der Waals surface area contributed by atoms with E-state index in [0.717, 1.165) is 42.0 Å². The molecule has 5 nitrogen and oxygen atoms in total. The van der Waals surface area contributed by atoms with Gasteiger partial charge in [-0.25, -0.2) is 9.97 Å². The molecule has 2 aromatic heterocycles. The van der Waals surface area contributed by atoms with Crippen LogP contribution in [0.3, 0.4) is 0 Å². The zero-order valence-corrected chi connectivity index (χ0v) is 14.0. The van der Waals surface area contributed by atoms with Gasteiger partial charge in [-0.05, 0) is 25.3 Å². The molecular weight excluding hydrogens is 335 g/mol. The number of aromatic amines is 1. The van der Waals surface area contributed by atoms with Crippen LogP contribution in [0.2, 0.25) is 10.3 Å². The quantitative estimate of drug-likeness (QED) is 0.864. The highest BCUT2D eigenvalue weighted by Crippen LogP contribution is 2.37. The smallest absolute Gasteiger partial charge is 0.254 e. The Balaban J connectivity index is 1.57. The van der Waals surface area contributed by atoms with Gasteiger partial charge in [-0.3, -0.25) is 9.69 Å². The Labute approximate surface area is 143 Å². The van der Waals surface area contributed by atoms with Crippen molar-refractivity contribution in [2.45, 2.75) is 38.3 Å². The van der Waals surface area contributed by atoms with Crippen LogP contribution in [0.15, 0.2) is 16.9 Å². The standard InChI is InChI=1S/C16H16Cl2N4O/c17-13-4-3-10(14(18)20-13)7-22-6-5-11-12(8-22)19-15(9-1-2-9)21-16(11)23/h3-4,9H,1-2,5-8H2,(H,19,21,23). The van der Waals surface area contributed by atoms with Crippen LogP contribution in [-0.4, -0.2) is 26.4 Å². The van der Waals surface area contributed by atoms with E-state index in [4.69, 9.17) is 28.2 Å². The van der Waals surface area contributed by atoms with E-state index in [-0.39, 0.29) is 5.56 Å². The van der Waals surface area contributed by atoms with Crippen molar-refractivity contribution in [3.63, 3.8) is 0 Å². The minimum Gasteiger partial charge on any atom is -0.310 e. The summed E-state index contributed by atoms with van der Waals surface area (Å²) in [6, 6.07) is 3.64. The molecule has 1 aliphatic heterocycles. The third-order valence-corrected chi connectivity index (χ3v) is 4.96. The maximum atomic E-state index is 12.2. The van der Waals surface area contributed by atoms with Gasteiger partial charge in [0, 0.05) is 36.7 Å². The van der Waals surface area contributed by atoms with Crippen LogP contribution in [-0.2, 0) is 19.5 Å². The summed E-state index contributed by atoms with van der Waals surface area (Å²) >= 11 is 12.0. The molecule has 4 rings (SSSR count). The van der Waals surface area contributed by atoms with Crippen LogP contribution < -0.4 is 5.56 Å². The van der Waals surface area contributed by atoms with Gasteiger partial charge in [-0.15, -0.1) is 0 Å². The Morgan fingerprint density at radius 1 is 1.26 bits per heavy atom. The number of nitrogens with one attached hydrogen (secondary N) is 1. The highest BCUT2D eigenvalue weighted by Gasteiger charge is 2.29. The fraction of sp³-hybridized carbons (Fsp3) is 0.438. The molecule has 2 aliphatic rings. The van der Waals surface area contributed by atoms with Crippen molar-refractivity contribution in [2.24, 2.45) is 0 Å². The van der Waals surface area contributed by atoms with Crippen LogP contribution in [0.25, 0.3) is 0 Å². The number of hydrogen-bond acceptors (Lipinski definition) is 4. The number of aromatic nitrogens is 3. The van der Waals surface area contributed by atoms with Crippen molar-refractivity contribution in [2.75, 3.05) is 6.54 Å². The lowest BCUT2D eigenvalue weighted by molar-refractivity contribution is 0.240. The average molecular weight is 351 g/mol. The summed E-state index contributed by atoms with van der Waals surface area (Å²) in [7, 11) is 0. The first-order chi connectivity index (χ1) is 11.1. The van der Waals surface area contributed by atoms with Crippen molar-refractivity contribution in [1.82, 2.24) is 19.9 Å². The molecule has 1 fully saturated rings. The summed E-state index contributed by atoms with van der Waals surface area (Å²) in [5.41, 5.74) is 2.69. The normalized spacial score (nSPS) is 18.0. The van der Waals surface area contributed by atoms with Crippen LogP contribution in [0, 0.1) is 0 Å². The molecule has 0 bridgehead atoms. The molecule has 0 atom stereocenters. The fourth-order valence-corrected chi connectivity index (χ4v) is 3.40. The molecule has 0 aromatic carbocycles. The molecule has 0 saturated heterocycles. The zero-order valence-electron chi connectivity index (χ0n) is 12.5. The van der Waals surface area contributed by atoms with Crippen molar-refractivity contribution < 1.29 is 0 Å². The van der Waals surface area contributed by atoms with Crippen LogP contribution >= 0.6 is 23.2 Å². The highest BCUT2D eigenvalue weighted by atomic mass is 35.5. The van der Waals surface area contributed by atoms with Gasteiger partial charge in [-0.2, -0.15) is 0 Å². The lowest BCUT2D eigenvalue weighted by Crippen LogP contribution is -2.35. The monoisotopic (exact) mass is 350 g/mol.